The van der Waals surface area contributed by atoms with E-state index in [-0.39, 0.29) is 11.1 Å². The van der Waals surface area contributed by atoms with E-state index in [1.54, 1.807) is 0 Å². The molecule has 0 aliphatic carbocycles. The Kier molecular flexibility index (Phi) is 6.11. The van der Waals surface area contributed by atoms with Crippen LogP contribution in [0.2, 0.25) is 0 Å². The zero-order valence-corrected chi connectivity index (χ0v) is 18.8. The molecule has 1 atom stereocenters. The lowest BCUT2D eigenvalue weighted by Gasteiger charge is -2.46. The van der Waals surface area contributed by atoms with Gasteiger partial charge in [0.25, 0.3) is 0 Å². The van der Waals surface area contributed by atoms with Crippen molar-refractivity contribution in [2.24, 2.45) is 5.92 Å². The van der Waals surface area contributed by atoms with Crippen molar-refractivity contribution in [1.29, 1.82) is 0 Å². The zero-order valence-electron chi connectivity index (χ0n) is 16.8. The summed E-state index contributed by atoms with van der Waals surface area (Å²) in [5.74, 6) is 0.452. The fourth-order valence-corrected chi connectivity index (χ4v) is 3.81. The van der Waals surface area contributed by atoms with Crippen LogP contribution in [0.5, 0.6) is 0 Å². The van der Waals surface area contributed by atoms with Gasteiger partial charge in [0.1, 0.15) is 10.5 Å². The molecule has 2 rings (SSSR count). The number of imidazole rings is 1. The normalized spacial score (nSPS) is 14.7. The first-order chi connectivity index (χ1) is 11.7. The number of para-hydroxylation sites is 1. The summed E-state index contributed by atoms with van der Waals surface area (Å²) in [6, 6.07) is 10.6. The summed E-state index contributed by atoms with van der Waals surface area (Å²) in [6.07, 6.45) is 3.93. The SMILES string of the molecule is CC(C)C(C)(CO[SiH3])N(Cc1cncn1C(C)(C)C)c1ccccc1. The molecular formula is C20H33N3OSi. The van der Waals surface area contributed by atoms with E-state index in [2.05, 4.69) is 86.3 Å². The lowest BCUT2D eigenvalue weighted by atomic mass is 9.86. The zero-order chi connectivity index (χ0) is 18.7. The molecule has 0 bridgehead atoms. The highest BCUT2D eigenvalue weighted by atomic mass is 28.2. The number of hydrogen-bond acceptors (Lipinski definition) is 3. The van der Waals surface area contributed by atoms with Crippen molar-refractivity contribution in [3.05, 3.63) is 48.5 Å². The Morgan fingerprint density at radius 2 is 1.80 bits per heavy atom. The third-order valence-corrected chi connectivity index (χ3v) is 5.41. The Morgan fingerprint density at radius 1 is 1.16 bits per heavy atom. The number of aromatic nitrogens is 2. The van der Waals surface area contributed by atoms with Gasteiger partial charge in [0.2, 0.25) is 0 Å². The summed E-state index contributed by atoms with van der Waals surface area (Å²) < 4.78 is 8.03. The Bertz CT molecular complexity index is 663. The van der Waals surface area contributed by atoms with Gasteiger partial charge in [-0.3, -0.25) is 0 Å². The Hall–Kier alpha value is -1.59. The van der Waals surface area contributed by atoms with Crippen molar-refractivity contribution >= 4 is 16.2 Å². The van der Waals surface area contributed by atoms with Crippen LogP contribution in [0.15, 0.2) is 42.9 Å². The van der Waals surface area contributed by atoms with Crippen molar-refractivity contribution in [2.45, 2.75) is 59.2 Å². The van der Waals surface area contributed by atoms with Crippen LogP contribution in [0, 0.1) is 5.92 Å². The maximum atomic E-state index is 5.76. The van der Waals surface area contributed by atoms with E-state index < -0.39 is 0 Å². The van der Waals surface area contributed by atoms with Gasteiger partial charge in [0, 0.05) is 17.4 Å². The van der Waals surface area contributed by atoms with Gasteiger partial charge in [-0.05, 0) is 45.7 Å². The molecule has 1 aromatic heterocycles. The second-order valence-corrected chi connectivity index (χ2v) is 8.87. The molecule has 0 aliphatic heterocycles. The van der Waals surface area contributed by atoms with E-state index in [0.29, 0.717) is 5.92 Å². The highest BCUT2D eigenvalue weighted by molar-refractivity contribution is 5.98. The minimum absolute atomic E-state index is 0.0105. The molecule has 1 heterocycles. The monoisotopic (exact) mass is 359 g/mol. The second kappa shape index (κ2) is 7.75. The largest absolute Gasteiger partial charge is 0.426 e. The highest BCUT2D eigenvalue weighted by Crippen LogP contribution is 2.33. The molecule has 4 nitrogen and oxygen atoms in total. The lowest BCUT2D eigenvalue weighted by Crippen LogP contribution is -2.54. The molecule has 2 aromatic rings. The van der Waals surface area contributed by atoms with Crippen LogP contribution in [0.25, 0.3) is 0 Å². The van der Waals surface area contributed by atoms with E-state index in [0.717, 1.165) is 23.6 Å². The predicted molar refractivity (Wildman–Crippen MR) is 109 cm³/mol. The van der Waals surface area contributed by atoms with E-state index in [1.165, 1.54) is 11.4 Å². The van der Waals surface area contributed by atoms with E-state index in [9.17, 15) is 0 Å². The summed E-state index contributed by atoms with van der Waals surface area (Å²) in [5.41, 5.74) is 2.36. The molecule has 0 aliphatic rings. The molecule has 0 fully saturated rings. The van der Waals surface area contributed by atoms with Crippen LogP contribution in [0.3, 0.4) is 0 Å². The molecule has 0 N–H and O–H groups in total. The number of rotatable bonds is 7. The van der Waals surface area contributed by atoms with Crippen molar-refractivity contribution in [3.63, 3.8) is 0 Å². The number of nitrogens with zero attached hydrogens (tertiary/aromatic N) is 3. The number of anilines is 1. The van der Waals surface area contributed by atoms with Crippen LogP contribution < -0.4 is 4.90 Å². The van der Waals surface area contributed by atoms with Gasteiger partial charge in [-0.15, -0.1) is 0 Å². The third kappa shape index (κ3) is 4.33. The second-order valence-electron chi connectivity index (χ2n) is 8.29. The maximum Gasteiger partial charge on any atom is 0.146 e. The first-order valence-corrected chi connectivity index (χ1v) is 9.85. The summed E-state index contributed by atoms with van der Waals surface area (Å²) in [4.78, 5) is 6.90. The van der Waals surface area contributed by atoms with Crippen molar-refractivity contribution in [1.82, 2.24) is 9.55 Å². The predicted octanol–water partition coefficient (Wildman–Crippen LogP) is 3.36. The molecule has 138 valence electrons. The molecule has 0 saturated carbocycles. The molecule has 1 unspecified atom stereocenters. The van der Waals surface area contributed by atoms with E-state index >= 15 is 0 Å². The topological polar surface area (TPSA) is 30.3 Å². The minimum atomic E-state index is -0.0872. The first-order valence-electron chi connectivity index (χ1n) is 9.03. The molecular weight excluding hydrogens is 326 g/mol. The van der Waals surface area contributed by atoms with Crippen molar-refractivity contribution in [3.8, 4) is 0 Å². The summed E-state index contributed by atoms with van der Waals surface area (Å²) in [5, 5.41) is 0. The molecule has 25 heavy (non-hydrogen) atoms. The van der Waals surface area contributed by atoms with Gasteiger partial charge in [0.15, 0.2) is 0 Å². The van der Waals surface area contributed by atoms with Gasteiger partial charge in [-0.25, -0.2) is 4.98 Å². The Morgan fingerprint density at radius 3 is 2.32 bits per heavy atom. The minimum Gasteiger partial charge on any atom is -0.426 e. The van der Waals surface area contributed by atoms with Crippen molar-refractivity contribution in [2.75, 3.05) is 11.5 Å². The molecule has 0 radical (unpaired) electrons. The quantitative estimate of drug-likeness (QED) is 0.710. The van der Waals surface area contributed by atoms with Crippen molar-refractivity contribution < 1.29 is 4.43 Å². The lowest BCUT2D eigenvalue weighted by molar-refractivity contribution is 0.184. The fourth-order valence-electron chi connectivity index (χ4n) is 3.23. The van der Waals surface area contributed by atoms with Gasteiger partial charge < -0.3 is 13.9 Å². The average molecular weight is 360 g/mol. The first kappa shape index (κ1) is 19.7. The number of hydrogen-bond donors (Lipinski definition) is 0. The van der Waals surface area contributed by atoms with Crippen LogP contribution in [0.4, 0.5) is 5.69 Å². The summed E-state index contributed by atoms with van der Waals surface area (Å²) in [6.45, 7) is 15.0. The summed E-state index contributed by atoms with van der Waals surface area (Å²) >= 11 is 0. The summed E-state index contributed by atoms with van der Waals surface area (Å²) in [7, 11) is 0.749. The number of benzene rings is 1. The van der Waals surface area contributed by atoms with Gasteiger partial charge in [-0.2, -0.15) is 0 Å². The third-order valence-electron chi connectivity index (χ3n) is 5.12. The highest BCUT2D eigenvalue weighted by Gasteiger charge is 2.36. The van der Waals surface area contributed by atoms with Gasteiger partial charge in [-0.1, -0.05) is 32.0 Å². The van der Waals surface area contributed by atoms with E-state index in [4.69, 9.17) is 4.43 Å². The Balaban J connectivity index is 2.48. The molecule has 0 spiro atoms. The van der Waals surface area contributed by atoms with Crippen LogP contribution in [-0.2, 0) is 16.5 Å². The van der Waals surface area contributed by atoms with Crippen LogP contribution in [0.1, 0.15) is 47.2 Å². The maximum absolute atomic E-state index is 5.76. The smallest absolute Gasteiger partial charge is 0.146 e. The van der Waals surface area contributed by atoms with E-state index in [1.807, 2.05) is 12.5 Å². The average Bonchev–Trinajstić information content (AvgIpc) is 3.02. The molecule has 0 saturated heterocycles. The van der Waals surface area contributed by atoms with Crippen LogP contribution >= 0.6 is 0 Å². The van der Waals surface area contributed by atoms with Gasteiger partial charge >= 0.3 is 0 Å². The standard InChI is InChI=1S/C20H33N3OSi/c1-16(2)20(6,14-24-25)22(17-10-8-7-9-11-17)13-18-12-21-15-23(18)19(3,4)5/h7-12,15-16H,13-14H2,1-6,25H3. The molecule has 1 aromatic carbocycles. The molecule has 0 amide bonds. The van der Waals surface area contributed by atoms with Gasteiger partial charge in [0.05, 0.1) is 30.7 Å². The Labute approximate surface area is 155 Å². The fraction of sp³-hybridized carbons (Fsp3) is 0.550. The van der Waals surface area contributed by atoms with Crippen LogP contribution in [-0.4, -0.2) is 32.2 Å². The molecule has 5 heteroatoms.